The van der Waals surface area contributed by atoms with E-state index in [0.717, 1.165) is 27.3 Å². The Morgan fingerprint density at radius 3 is 2.75 bits per heavy atom. The normalized spacial score (nSPS) is 13.9. The van der Waals surface area contributed by atoms with E-state index < -0.39 is 0 Å². The molecule has 9 heteroatoms. The molecular formula is C23H24N4O4S. The summed E-state index contributed by atoms with van der Waals surface area (Å²) in [6.45, 7) is 4.59. The number of hydrogen-bond donors (Lipinski definition) is 1. The number of methoxy groups -OCH3 is 2. The number of rotatable bonds is 6. The van der Waals surface area contributed by atoms with E-state index in [1.807, 2.05) is 60.3 Å². The third-order valence-corrected chi connectivity index (χ3v) is 5.79. The van der Waals surface area contributed by atoms with E-state index in [1.54, 1.807) is 14.2 Å². The Balaban J connectivity index is 1.80. The topological polar surface area (TPSA) is 86.4 Å². The standard InChI is InChI=1S/C23H24N4O4S/c1-5-24-23-27(26-14(2)15-6-9-20(29-3)21(11-15)30-4)18(13-32-23)16-7-8-19-17(10-16)25-22(28)12-31-19/h6-11,13H,5,12H2,1-4H3,(H,25,28). The molecule has 2 heterocycles. The van der Waals surface area contributed by atoms with E-state index in [0.29, 0.717) is 29.5 Å². The average Bonchev–Trinajstić information content (AvgIpc) is 3.20. The molecule has 0 unspecified atom stereocenters. The average molecular weight is 453 g/mol. The van der Waals surface area contributed by atoms with E-state index >= 15 is 0 Å². The maximum Gasteiger partial charge on any atom is 0.262 e. The van der Waals surface area contributed by atoms with Crippen LogP contribution in [-0.2, 0) is 4.79 Å². The van der Waals surface area contributed by atoms with Crippen LogP contribution in [0, 0.1) is 0 Å². The van der Waals surface area contributed by atoms with Crippen molar-refractivity contribution in [3.63, 3.8) is 0 Å². The number of nitrogens with zero attached hydrogens (tertiary/aromatic N) is 3. The molecule has 0 radical (unpaired) electrons. The molecule has 0 aliphatic carbocycles. The first-order chi connectivity index (χ1) is 15.5. The maximum atomic E-state index is 11.7. The van der Waals surface area contributed by atoms with Crippen molar-refractivity contribution in [1.82, 2.24) is 4.68 Å². The Morgan fingerprint density at radius 1 is 1.19 bits per heavy atom. The first-order valence-corrected chi connectivity index (χ1v) is 11.0. The van der Waals surface area contributed by atoms with Crippen molar-refractivity contribution in [3.05, 3.63) is 52.1 Å². The molecule has 0 saturated carbocycles. The van der Waals surface area contributed by atoms with Crippen LogP contribution in [0.1, 0.15) is 19.4 Å². The summed E-state index contributed by atoms with van der Waals surface area (Å²) in [4.78, 5) is 17.1. The van der Waals surface area contributed by atoms with Gasteiger partial charge in [-0.15, -0.1) is 11.3 Å². The number of ether oxygens (including phenoxy) is 3. The lowest BCUT2D eigenvalue weighted by molar-refractivity contribution is -0.118. The summed E-state index contributed by atoms with van der Waals surface area (Å²) in [6, 6.07) is 11.4. The molecule has 0 saturated heterocycles. The van der Waals surface area contributed by atoms with Gasteiger partial charge in [0.2, 0.25) is 4.80 Å². The van der Waals surface area contributed by atoms with Crippen LogP contribution in [0.5, 0.6) is 17.2 Å². The lowest BCUT2D eigenvalue weighted by Gasteiger charge is -2.18. The molecule has 8 nitrogen and oxygen atoms in total. The molecule has 3 aromatic rings. The van der Waals surface area contributed by atoms with Gasteiger partial charge in [0, 0.05) is 23.1 Å². The van der Waals surface area contributed by atoms with Gasteiger partial charge in [-0.2, -0.15) is 5.10 Å². The van der Waals surface area contributed by atoms with E-state index in [2.05, 4.69) is 10.3 Å². The zero-order valence-corrected chi connectivity index (χ0v) is 19.2. The fourth-order valence-corrected chi connectivity index (χ4v) is 4.24. The maximum absolute atomic E-state index is 11.7. The van der Waals surface area contributed by atoms with Gasteiger partial charge >= 0.3 is 0 Å². The molecule has 1 amide bonds. The zero-order chi connectivity index (χ0) is 22.7. The molecule has 1 aliphatic heterocycles. The van der Waals surface area contributed by atoms with Crippen molar-refractivity contribution in [2.75, 3.05) is 32.7 Å². The van der Waals surface area contributed by atoms with E-state index in [4.69, 9.17) is 19.3 Å². The van der Waals surface area contributed by atoms with Crippen molar-refractivity contribution in [1.29, 1.82) is 0 Å². The molecule has 0 bridgehead atoms. The number of fused-ring (bicyclic) bond motifs is 1. The van der Waals surface area contributed by atoms with Gasteiger partial charge in [-0.1, -0.05) is 0 Å². The summed E-state index contributed by atoms with van der Waals surface area (Å²) >= 11 is 1.51. The molecule has 0 atom stereocenters. The van der Waals surface area contributed by atoms with Crippen LogP contribution in [-0.4, -0.2) is 43.7 Å². The van der Waals surface area contributed by atoms with Crippen LogP contribution in [0.25, 0.3) is 11.3 Å². The Morgan fingerprint density at radius 2 is 2.00 bits per heavy atom. The fraction of sp³-hybridized carbons (Fsp3) is 0.261. The van der Waals surface area contributed by atoms with E-state index in [1.165, 1.54) is 11.3 Å². The van der Waals surface area contributed by atoms with Crippen LogP contribution in [0.15, 0.2) is 51.9 Å². The van der Waals surface area contributed by atoms with Crippen LogP contribution in [0.4, 0.5) is 5.69 Å². The van der Waals surface area contributed by atoms with E-state index in [9.17, 15) is 4.79 Å². The van der Waals surface area contributed by atoms with Gasteiger partial charge in [0.15, 0.2) is 18.1 Å². The van der Waals surface area contributed by atoms with Gasteiger partial charge in [-0.3, -0.25) is 9.79 Å². The number of aromatic nitrogens is 1. The van der Waals surface area contributed by atoms with E-state index in [-0.39, 0.29) is 12.5 Å². The number of benzene rings is 2. The first-order valence-electron chi connectivity index (χ1n) is 10.1. The molecule has 1 aliphatic rings. The number of amides is 1. The summed E-state index contributed by atoms with van der Waals surface area (Å²) in [7, 11) is 3.22. The fourth-order valence-electron chi connectivity index (χ4n) is 3.35. The highest BCUT2D eigenvalue weighted by Gasteiger charge is 2.18. The van der Waals surface area contributed by atoms with Crippen LogP contribution >= 0.6 is 11.3 Å². The van der Waals surface area contributed by atoms with Crippen molar-refractivity contribution in [3.8, 4) is 28.5 Å². The molecule has 4 rings (SSSR count). The Labute approximate surface area is 189 Å². The molecule has 32 heavy (non-hydrogen) atoms. The van der Waals surface area contributed by atoms with Crippen LogP contribution in [0.2, 0.25) is 0 Å². The highest BCUT2D eigenvalue weighted by Crippen LogP contribution is 2.33. The molecule has 1 aromatic heterocycles. The summed E-state index contributed by atoms with van der Waals surface area (Å²) in [5, 5.41) is 9.74. The number of hydrogen-bond acceptors (Lipinski definition) is 7. The highest BCUT2D eigenvalue weighted by atomic mass is 32.1. The summed E-state index contributed by atoms with van der Waals surface area (Å²) in [5.74, 6) is 1.78. The lowest BCUT2D eigenvalue weighted by Crippen LogP contribution is -2.25. The summed E-state index contributed by atoms with van der Waals surface area (Å²) < 4.78 is 18.1. The Bertz CT molecular complexity index is 1260. The number of thiazole rings is 1. The molecule has 166 valence electrons. The van der Waals surface area contributed by atoms with Crippen molar-refractivity contribution >= 4 is 28.6 Å². The number of nitrogens with one attached hydrogen (secondary N) is 1. The van der Waals surface area contributed by atoms with Crippen LogP contribution in [0.3, 0.4) is 0 Å². The minimum atomic E-state index is -0.170. The molecule has 2 aromatic carbocycles. The predicted molar refractivity (Wildman–Crippen MR) is 125 cm³/mol. The van der Waals surface area contributed by atoms with Gasteiger partial charge in [0.25, 0.3) is 5.91 Å². The highest BCUT2D eigenvalue weighted by molar-refractivity contribution is 7.07. The van der Waals surface area contributed by atoms with Gasteiger partial charge < -0.3 is 19.5 Å². The molecular weight excluding hydrogens is 428 g/mol. The van der Waals surface area contributed by atoms with Crippen molar-refractivity contribution in [2.24, 2.45) is 10.1 Å². The van der Waals surface area contributed by atoms with Gasteiger partial charge in [-0.05, 0) is 50.2 Å². The molecule has 1 N–H and O–H groups in total. The van der Waals surface area contributed by atoms with Gasteiger partial charge in [0.05, 0.1) is 31.3 Å². The monoisotopic (exact) mass is 452 g/mol. The Hall–Kier alpha value is -3.59. The third-order valence-electron chi connectivity index (χ3n) is 4.94. The number of carbonyl (C=O) groups excluding carboxylic acids is 1. The zero-order valence-electron chi connectivity index (χ0n) is 18.3. The smallest absolute Gasteiger partial charge is 0.262 e. The second-order valence-corrected chi connectivity index (χ2v) is 7.83. The quantitative estimate of drug-likeness (QED) is 0.577. The van der Waals surface area contributed by atoms with Crippen LogP contribution < -0.4 is 24.3 Å². The second-order valence-electron chi connectivity index (χ2n) is 6.99. The summed E-state index contributed by atoms with van der Waals surface area (Å²) in [6.07, 6.45) is 0. The van der Waals surface area contributed by atoms with Crippen molar-refractivity contribution in [2.45, 2.75) is 13.8 Å². The lowest BCUT2D eigenvalue weighted by atomic mass is 10.1. The third kappa shape index (κ3) is 4.24. The Kier molecular flexibility index (Phi) is 6.27. The van der Waals surface area contributed by atoms with Gasteiger partial charge in [0.1, 0.15) is 5.75 Å². The SMILES string of the molecule is CCN=c1scc(-c2ccc3c(c2)NC(=O)CO3)n1N=C(C)c1ccc(OC)c(OC)c1. The number of carbonyl (C=O) groups is 1. The second kappa shape index (κ2) is 9.27. The molecule has 0 fully saturated rings. The number of anilines is 1. The first kappa shape index (κ1) is 21.6. The molecule has 0 spiro atoms. The largest absolute Gasteiger partial charge is 0.493 e. The van der Waals surface area contributed by atoms with Crippen molar-refractivity contribution < 1.29 is 19.0 Å². The predicted octanol–water partition coefficient (Wildman–Crippen LogP) is 3.76. The minimum absolute atomic E-state index is 0.0269. The minimum Gasteiger partial charge on any atom is -0.493 e. The van der Waals surface area contributed by atoms with Gasteiger partial charge in [-0.25, -0.2) is 4.68 Å². The summed E-state index contributed by atoms with van der Waals surface area (Å²) in [5.41, 5.74) is 4.10.